The van der Waals surface area contributed by atoms with Crippen molar-refractivity contribution in [3.63, 3.8) is 0 Å². The van der Waals surface area contributed by atoms with E-state index in [1.165, 1.54) is 0 Å². The highest BCUT2D eigenvalue weighted by Crippen LogP contribution is 2.25. The molecule has 2 rings (SSSR count). The van der Waals surface area contributed by atoms with Crippen molar-refractivity contribution in [3.05, 3.63) is 6.07 Å². The van der Waals surface area contributed by atoms with Crippen LogP contribution in [-0.2, 0) is 4.74 Å². The lowest BCUT2D eigenvalue weighted by atomic mass is 9.91. The molecule has 0 aromatic carbocycles. The summed E-state index contributed by atoms with van der Waals surface area (Å²) in [7, 11) is 0. The van der Waals surface area contributed by atoms with Crippen LogP contribution < -0.4 is 16.4 Å². The average molecular weight is 267 g/mol. The van der Waals surface area contributed by atoms with Crippen molar-refractivity contribution in [1.29, 1.82) is 0 Å². The number of aliphatic hydroxyl groups is 1. The summed E-state index contributed by atoms with van der Waals surface area (Å²) in [5.74, 6) is 1.51. The molecule has 0 aliphatic carbocycles. The van der Waals surface area contributed by atoms with Gasteiger partial charge >= 0.3 is 0 Å². The second-order valence-electron chi connectivity index (χ2n) is 4.70. The third-order valence-corrected chi connectivity index (χ3v) is 3.25. The number of nitrogens with one attached hydrogen (secondary N) is 2. The first-order valence-electron chi connectivity index (χ1n) is 6.53. The van der Waals surface area contributed by atoms with E-state index in [2.05, 4.69) is 20.6 Å². The highest BCUT2D eigenvalue weighted by Gasteiger charge is 2.32. The number of aliphatic hydroxyl groups excluding tert-OH is 1. The number of nitrogens with zero attached hydrogens (tertiary/aromatic N) is 2. The zero-order valence-corrected chi connectivity index (χ0v) is 11.1. The van der Waals surface area contributed by atoms with Gasteiger partial charge in [-0.05, 0) is 19.8 Å². The zero-order valence-electron chi connectivity index (χ0n) is 11.1. The van der Waals surface area contributed by atoms with Gasteiger partial charge in [0.25, 0.3) is 0 Å². The van der Waals surface area contributed by atoms with Gasteiger partial charge in [0.2, 0.25) is 5.95 Å². The number of aromatic nitrogens is 2. The monoisotopic (exact) mass is 267 g/mol. The Morgan fingerprint density at radius 3 is 2.68 bits per heavy atom. The number of nitrogens with two attached hydrogens (primary N) is 1. The summed E-state index contributed by atoms with van der Waals surface area (Å²) in [5, 5.41) is 16.0. The molecule has 5 N–H and O–H groups in total. The molecule has 19 heavy (non-hydrogen) atoms. The summed E-state index contributed by atoms with van der Waals surface area (Å²) in [6, 6.07) is 1.80. The fourth-order valence-corrected chi connectivity index (χ4v) is 2.16. The van der Waals surface area contributed by atoms with E-state index in [0.29, 0.717) is 24.8 Å². The van der Waals surface area contributed by atoms with Crippen LogP contribution in [0.5, 0.6) is 0 Å². The van der Waals surface area contributed by atoms with Gasteiger partial charge in [-0.3, -0.25) is 0 Å². The van der Waals surface area contributed by atoms with E-state index >= 15 is 0 Å². The number of hydrogen-bond acceptors (Lipinski definition) is 7. The third kappa shape index (κ3) is 3.45. The molecule has 1 aliphatic heterocycles. The molecule has 1 fully saturated rings. The van der Waals surface area contributed by atoms with E-state index in [0.717, 1.165) is 19.4 Å². The molecule has 1 saturated heterocycles. The predicted molar refractivity (Wildman–Crippen MR) is 74.1 cm³/mol. The Hall–Kier alpha value is -1.60. The quantitative estimate of drug-likeness (QED) is 0.613. The van der Waals surface area contributed by atoms with E-state index in [4.69, 9.17) is 10.5 Å². The van der Waals surface area contributed by atoms with Crippen molar-refractivity contribution < 1.29 is 9.84 Å². The highest BCUT2D eigenvalue weighted by molar-refractivity contribution is 5.52. The third-order valence-electron chi connectivity index (χ3n) is 3.25. The molecule has 0 saturated carbocycles. The molecule has 106 valence electrons. The summed E-state index contributed by atoms with van der Waals surface area (Å²) in [6.45, 7) is 4.05. The van der Waals surface area contributed by atoms with Crippen LogP contribution in [-0.4, -0.2) is 47.0 Å². The predicted octanol–water partition coefficient (Wildman–Crippen LogP) is 0.444. The maximum atomic E-state index is 9.64. The Bertz CT molecular complexity index is 421. The Balaban J connectivity index is 2.16. The smallest absolute Gasteiger partial charge is 0.223 e. The second-order valence-corrected chi connectivity index (χ2v) is 4.70. The average Bonchev–Trinajstić information content (AvgIpc) is 2.39. The molecule has 1 aromatic rings. The molecular weight excluding hydrogens is 246 g/mol. The van der Waals surface area contributed by atoms with Gasteiger partial charge in [0.05, 0.1) is 12.1 Å². The van der Waals surface area contributed by atoms with Crippen molar-refractivity contribution in [3.8, 4) is 0 Å². The Morgan fingerprint density at radius 1 is 1.37 bits per heavy atom. The Kier molecular flexibility index (Phi) is 4.39. The molecule has 7 heteroatoms. The lowest BCUT2D eigenvalue weighted by Gasteiger charge is -2.36. The molecule has 0 atom stereocenters. The van der Waals surface area contributed by atoms with E-state index in [1.807, 2.05) is 6.92 Å². The lowest BCUT2D eigenvalue weighted by Crippen LogP contribution is -2.47. The van der Waals surface area contributed by atoms with Crippen molar-refractivity contribution in [2.75, 3.05) is 42.7 Å². The summed E-state index contributed by atoms with van der Waals surface area (Å²) >= 11 is 0. The molecule has 0 bridgehead atoms. The molecule has 0 radical (unpaired) electrons. The maximum Gasteiger partial charge on any atom is 0.223 e. The van der Waals surface area contributed by atoms with Gasteiger partial charge in [-0.1, -0.05) is 0 Å². The lowest BCUT2D eigenvalue weighted by molar-refractivity contribution is 0.0378. The molecule has 0 amide bonds. The van der Waals surface area contributed by atoms with Crippen LogP contribution in [0.4, 0.5) is 17.6 Å². The van der Waals surface area contributed by atoms with Gasteiger partial charge in [-0.2, -0.15) is 9.97 Å². The van der Waals surface area contributed by atoms with Crippen molar-refractivity contribution >= 4 is 17.6 Å². The first-order valence-corrected chi connectivity index (χ1v) is 6.53. The largest absolute Gasteiger partial charge is 0.394 e. The number of hydrogen-bond donors (Lipinski definition) is 4. The molecule has 7 nitrogen and oxygen atoms in total. The first-order chi connectivity index (χ1) is 9.17. The summed E-state index contributed by atoms with van der Waals surface area (Å²) in [5.41, 5.74) is 5.30. The van der Waals surface area contributed by atoms with Gasteiger partial charge in [-0.25, -0.2) is 0 Å². The second kappa shape index (κ2) is 6.03. The van der Waals surface area contributed by atoms with Crippen LogP contribution >= 0.6 is 0 Å². The summed E-state index contributed by atoms with van der Waals surface area (Å²) < 4.78 is 5.33. The minimum atomic E-state index is -0.386. The Labute approximate surface area is 112 Å². The van der Waals surface area contributed by atoms with Crippen LogP contribution in [0.25, 0.3) is 0 Å². The molecule has 1 aromatic heterocycles. The van der Waals surface area contributed by atoms with Gasteiger partial charge < -0.3 is 26.2 Å². The normalized spacial score (nSPS) is 18.0. The summed E-state index contributed by atoms with van der Waals surface area (Å²) in [4.78, 5) is 8.26. The fraction of sp³-hybridized carbons (Fsp3) is 0.667. The molecule has 1 aliphatic rings. The topological polar surface area (TPSA) is 105 Å². The van der Waals surface area contributed by atoms with Crippen LogP contribution in [0.1, 0.15) is 19.8 Å². The van der Waals surface area contributed by atoms with Gasteiger partial charge in [-0.15, -0.1) is 0 Å². The van der Waals surface area contributed by atoms with E-state index in [-0.39, 0.29) is 18.1 Å². The van der Waals surface area contributed by atoms with Gasteiger partial charge in [0.1, 0.15) is 11.6 Å². The first kappa shape index (κ1) is 13.8. The van der Waals surface area contributed by atoms with Crippen molar-refractivity contribution in [2.24, 2.45) is 0 Å². The van der Waals surface area contributed by atoms with E-state index in [1.54, 1.807) is 6.07 Å². The van der Waals surface area contributed by atoms with Gasteiger partial charge in [0.15, 0.2) is 0 Å². The zero-order chi connectivity index (χ0) is 13.7. The SMILES string of the molecule is CCNc1cc(NC2(CO)CCOCC2)nc(N)n1. The van der Waals surface area contributed by atoms with Crippen LogP contribution in [0, 0.1) is 0 Å². The number of nitrogen functional groups attached to an aromatic ring is 1. The molecular formula is C12H21N5O2. The number of rotatable bonds is 5. The maximum absolute atomic E-state index is 9.64. The minimum absolute atomic E-state index is 0.0385. The van der Waals surface area contributed by atoms with Gasteiger partial charge in [0, 0.05) is 25.8 Å². The molecule has 0 spiro atoms. The van der Waals surface area contributed by atoms with Crippen LogP contribution in [0.15, 0.2) is 6.07 Å². The highest BCUT2D eigenvalue weighted by atomic mass is 16.5. The van der Waals surface area contributed by atoms with Crippen molar-refractivity contribution in [1.82, 2.24) is 9.97 Å². The van der Waals surface area contributed by atoms with Crippen molar-refractivity contribution in [2.45, 2.75) is 25.3 Å². The van der Waals surface area contributed by atoms with Crippen LogP contribution in [0.3, 0.4) is 0 Å². The fourth-order valence-electron chi connectivity index (χ4n) is 2.16. The van der Waals surface area contributed by atoms with E-state index in [9.17, 15) is 5.11 Å². The standard InChI is InChI=1S/C12H21N5O2/c1-2-14-9-7-10(16-11(13)15-9)17-12(8-18)3-5-19-6-4-12/h7,18H,2-6,8H2,1H3,(H4,13,14,15,16,17). The number of anilines is 3. The summed E-state index contributed by atoms with van der Waals surface area (Å²) in [6.07, 6.45) is 1.48. The van der Waals surface area contributed by atoms with E-state index < -0.39 is 0 Å². The minimum Gasteiger partial charge on any atom is -0.394 e. The number of ether oxygens (including phenoxy) is 1. The molecule has 2 heterocycles. The Morgan fingerprint density at radius 2 is 2.05 bits per heavy atom. The molecule has 0 unspecified atom stereocenters. The van der Waals surface area contributed by atoms with Crippen LogP contribution in [0.2, 0.25) is 0 Å².